The number of carbonyl (C=O) groups is 1. The van der Waals surface area contributed by atoms with Crippen LogP contribution < -0.4 is 10.6 Å². The summed E-state index contributed by atoms with van der Waals surface area (Å²) in [6, 6.07) is 10.3. The molecule has 1 unspecified atom stereocenters. The zero-order valence-corrected chi connectivity index (χ0v) is 18.3. The van der Waals surface area contributed by atoms with Gasteiger partial charge in [-0.1, -0.05) is 30.3 Å². The number of aliphatic imine (C=N–C) groups is 1. The first-order valence-corrected chi connectivity index (χ1v) is 8.19. The van der Waals surface area contributed by atoms with E-state index in [9.17, 15) is 4.79 Å². The van der Waals surface area contributed by atoms with E-state index in [0.29, 0.717) is 19.0 Å². The Morgan fingerprint density at radius 1 is 1.28 bits per heavy atom. The van der Waals surface area contributed by atoms with Gasteiger partial charge >= 0.3 is 6.09 Å². The molecule has 1 aromatic rings. The summed E-state index contributed by atoms with van der Waals surface area (Å²) in [6.07, 6.45) is -0.329. The quantitative estimate of drug-likeness (QED) is 0.400. The van der Waals surface area contributed by atoms with Crippen LogP contribution in [0.4, 0.5) is 4.79 Å². The predicted molar refractivity (Wildman–Crippen MR) is 114 cm³/mol. The summed E-state index contributed by atoms with van der Waals surface area (Å²) < 4.78 is 5.32. The number of likely N-dealkylation sites (N-methyl/N-ethyl adjacent to an activating group) is 1. The second-order valence-electron chi connectivity index (χ2n) is 6.68. The molecule has 0 saturated carbocycles. The lowest BCUT2D eigenvalue weighted by Gasteiger charge is -2.25. The summed E-state index contributed by atoms with van der Waals surface area (Å²) in [5.74, 6) is 0.698. The van der Waals surface area contributed by atoms with Crippen LogP contribution in [0.1, 0.15) is 39.3 Å². The number of amides is 1. The van der Waals surface area contributed by atoms with Gasteiger partial charge < -0.3 is 20.3 Å². The number of hydrogen-bond donors (Lipinski definition) is 2. The van der Waals surface area contributed by atoms with E-state index < -0.39 is 5.60 Å². The van der Waals surface area contributed by atoms with Gasteiger partial charge in [-0.05, 0) is 33.3 Å². The molecule has 7 heteroatoms. The fourth-order valence-corrected chi connectivity index (χ4v) is 2.00. The minimum Gasteiger partial charge on any atom is -0.444 e. The predicted octanol–water partition coefficient (Wildman–Crippen LogP) is 3.40. The van der Waals surface area contributed by atoms with Gasteiger partial charge in [0, 0.05) is 27.2 Å². The lowest BCUT2D eigenvalue weighted by atomic mass is 10.1. The van der Waals surface area contributed by atoms with E-state index in [1.165, 1.54) is 5.56 Å². The van der Waals surface area contributed by atoms with Gasteiger partial charge in [-0.15, -0.1) is 24.0 Å². The lowest BCUT2D eigenvalue weighted by molar-refractivity contribution is 0.0302. The topological polar surface area (TPSA) is 66.0 Å². The van der Waals surface area contributed by atoms with Crippen LogP contribution >= 0.6 is 24.0 Å². The summed E-state index contributed by atoms with van der Waals surface area (Å²) in [7, 11) is 3.45. The van der Waals surface area contributed by atoms with E-state index >= 15 is 0 Å². The molecule has 6 nitrogen and oxygen atoms in total. The zero-order chi connectivity index (χ0) is 18.2. The first kappa shape index (κ1) is 23.5. The normalized spacial score (nSPS) is 12.6. The van der Waals surface area contributed by atoms with Gasteiger partial charge in [0.2, 0.25) is 0 Å². The second kappa shape index (κ2) is 11.2. The molecular formula is C18H31IN4O2. The Morgan fingerprint density at radius 2 is 1.88 bits per heavy atom. The molecule has 1 amide bonds. The average Bonchev–Trinajstić information content (AvgIpc) is 2.52. The van der Waals surface area contributed by atoms with Gasteiger partial charge in [-0.3, -0.25) is 4.99 Å². The van der Waals surface area contributed by atoms with Gasteiger partial charge in [0.25, 0.3) is 0 Å². The Balaban J connectivity index is 0.00000576. The van der Waals surface area contributed by atoms with Crippen molar-refractivity contribution in [2.24, 2.45) is 4.99 Å². The van der Waals surface area contributed by atoms with Crippen molar-refractivity contribution in [1.29, 1.82) is 0 Å². The number of nitrogens with zero attached hydrogens (tertiary/aromatic N) is 2. The van der Waals surface area contributed by atoms with Crippen molar-refractivity contribution in [2.45, 2.75) is 39.3 Å². The van der Waals surface area contributed by atoms with Crippen molar-refractivity contribution in [3.05, 3.63) is 35.9 Å². The molecule has 1 atom stereocenters. The first-order valence-electron chi connectivity index (χ1n) is 8.19. The van der Waals surface area contributed by atoms with Gasteiger partial charge in [-0.25, -0.2) is 4.79 Å². The Bertz CT molecular complexity index is 544. The number of nitrogens with one attached hydrogen (secondary N) is 2. The highest BCUT2D eigenvalue weighted by Crippen LogP contribution is 2.11. The van der Waals surface area contributed by atoms with E-state index in [-0.39, 0.29) is 36.1 Å². The molecule has 0 spiro atoms. The highest BCUT2D eigenvalue weighted by atomic mass is 127. The average molecular weight is 462 g/mol. The zero-order valence-electron chi connectivity index (χ0n) is 16.0. The standard InChI is InChI=1S/C18H30N4O2.HI/c1-14(15-10-8-7-9-11-15)21-16(19-5)20-12-13-22(6)17(23)24-18(2,3)4;/h7-11,14H,12-13H2,1-6H3,(H2,19,20,21);1H. The molecule has 0 heterocycles. The molecule has 0 aliphatic carbocycles. The highest BCUT2D eigenvalue weighted by Gasteiger charge is 2.19. The molecule has 25 heavy (non-hydrogen) atoms. The molecule has 0 aromatic heterocycles. The Kier molecular flexibility index (Phi) is 10.5. The molecule has 0 saturated heterocycles. The van der Waals surface area contributed by atoms with Crippen molar-refractivity contribution >= 4 is 36.0 Å². The van der Waals surface area contributed by atoms with Crippen molar-refractivity contribution in [2.75, 3.05) is 27.2 Å². The number of halogens is 1. The maximum Gasteiger partial charge on any atom is 0.410 e. The molecular weight excluding hydrogens is 431 g/mol. The third-order valence-electron chi connectivity index (χ3n) is 3.32. The van der Waals surface area contributed by atoms with E-state index in [1.54, 1.807) is 19.0 Å². The highest BCUT2D eigenvalue weighted by molar-refractivity contribution is 14.0. The maximum atomic E-state index is 11.9. The number of hydrogen-bond acceptors (Lipinski definition) is 3. The van der Waals surface area contributed by atoms with Gasteiger partial charge in [-0.2, -0.15) is 0 Å². The maximum absolute atomic E-state index is 11.9. The Hall–Kier alpha value is -1.51. The van der Waals surface area contributed by atoms with Gasteiger partial charge in [0.1, 0.15) is 5.60 Å². The summed E-state index contributed by atoms with van der Waals surface area (Å²) >= 11 is 0. The Morgan fingerprint density at radius 3 is 2.40 bits per heavy atom. The largest absolute Gasteiger partial charge is 0.444 e. The number of carbonyl (C=O) groups excluding carboxylic acids is 1. The summed E-state index contributed by atoms with van der Waals surface area (Å²) in [6.45, 7) is 8.75. The van der Waals surface area contributed by atoms with E-state index in [0.717, 1.165) is 0 Å². The number of rotatable bonds is 5. The molecule has 142 valence electrons. The molecule has 0 bridgehead atoms. The molecule has 0 fully saturated rings. The van der Waals surface area contributed by atoms with Crippen LogP contribution in [0.5, 0.6) is 0 Å². The van der Waals surface area contributed by atoms with Crippen molar-refractivity contribution in [1.82, 2.24) is 15.5 Å². The number of ether oxygens (including phenoxy) is 1. The molecule has 0 aliphatic rings. The summed E-state index contributed by atoms with van der Waals surface area (Å²) in [4.78, 5) is 17.7. The first-order chi connectivity index (χ1) is 11.2. The minimum absolute atomic E-state index is 0. The second-order valence-corrected chi connectivity index (χ2v) is 6.68. The van der Waals surface area contributed by atoms with Crippen LogP contribution in [0, 0.1) is 0 Å². The number of guanidine groups is 1. The summed E-state index contributed by atoms with van der Waals surface area (Å²) in [5.41, 5.74) is 0.702. The minimum atomic E-state index is -0.485. The third-order valence-corrected chi connectivity index (χ3v) is 3.32. The van der Waals surface area contributed by atoms with Crippen LogP contribution in [0.2, 0.25) is 0 Å². The molecule has 0 aliphatic heterocycles. The third kappa shape index (κ3) is 9.52. The van der Waals surface area contributed by atoms with E-state index in [2.05, 4.69) is 34.7 Å². The molecule has 0 radical (unpaired) electrons. The van der Waals surface area contributed by atoms with Crippen LogP contribution in [-0.2, 0) is 4.74 Å². The molecule has 1 rings (SSSR count). The summed E-state index contributed by atoms with van der Waals surface area (Å²) in [5, 5.41) is 6.54. The van der Waals surface area contributed by atoms with Crippen LogP contribution in [0.25, 0.3) is 0 Å². The fourth-order valence-electron chi connectivity index (χ4n) is 2.00. The van der Waals surface area contributed by atoms with Crippen molar-refractivity contribution in [3.8, 4) is 0 Å². The smallest absolute Gasteiger partial charge is 0.410 e. The van der Waals surface area contributed by atoms with E-state index in [1.807, 2.05) is 39.0 Å². The Labute approximate surface area is 168 Å². The number of benzene rings is 1. The van der Waals surface area contributed by atoms with Gasteiger partial charge in [0.05, 0.1) is 6.04 Å². The van der Waals surface area contributed by atoms with E-state index in [4.69, 9.17) is 4.74 Å². The van der Waals surface area contributed by atoms with Crippen molar-refractivity contribution < 1.29 is 9.53 Å². The molecule has 2 N–H and O–H groups in total. The fraction of sp³-hybridized carbons (Fsp3) is 0.556. The van der Waals surface area contributed by atoms with Crippen LogP contribution in [0.15, 0.2) is 35.3 Å². The van der Waals surface area contributed by atoms with Crippen molar-refractivity contribution in [3.63, 3.8) is 0 Å². The van der Waals surface area contributed by atoms with Gasteiger partial charge in [0.15, 0.2) is 5.96 Å². The van der Waals surface area contributed by atoms with Crippen LogP contribution in [0.3, 0.4) is 0 Å². The monoisotopic (exact) mass is 462 g/mol. The van der Waals surface area contributed by atoms with Crippen LogP contribution in [-0.4, -0.2) is 49.7 Å². The molecule has 1 aromatic carbocycles. The lowest BCUT2D eigenvalue weighted by Crippen LogP contribution is -2.43. The SMILES string of the molecule is CN=C(NCCN(C)C(=O)OC(C)(C)C)NC(C)c1ccccc1.I.